The molecule has 1 heterocycles. The lowest BCUT2D eigenvalue weighted by Crippen LogP contribution is -2.49. The lowest BCUT2D eigenvalue weighted by Gasteiger charge is -2.26. The molecule has 1 aliphatic heterocycles. The summed E-state index contributed by atoms with van der Waals surface area (Å²) in [6.07, 6.45) is 0.198. The Balaban J connectivity index is 1.75. The van der Waals surface area contributed by atoms with E-state index < -0.39 is 0 Å². The molecular formula is C12H16N2O2. The highest BCUT2D eigenvalue weighted by atomic mass is 16.5. The summed E-state index contributed by atoms with van der Waals surface area (Å²) in [6, 6.07) is 7.70. The number of anilines is 1. The second-order valence-electron chi connectivity index (χ2n) is 4.01. The zero-order valence-electron chi connectivity index (χ0n) is 9.32. The van der Waals surface area contributed by atoms with Gasteiger partial charge in [0.2, 0.25) is 5.91 Å². The van der Waals surface area contributed by atoms with Gasteiger partial charge < -0.3 is 15.4 Å². The third-order valence-electron chi connectivity index (χ3n) is 2.53. The second-order valence-corrected chi connectivity index (χ2v) is 4.01. The molecule has 0 atom stereocenters. The molecule has 0 aliphatic carbocycles. The van der Waals surface area contributed by atoms with Crippen LogP contribution in [0.1, 0.15) is 5.56 Å². The Morgan fingerprint density at radius 2 is 2.12 bits per heavy atom. The van der Waals surface area contributed by atoms with Crippen LogP contribution in [-0.4, -0.2) is 31.7 Å². The van der Waals surface area contributed by atoms with Crippen molar-refractivity contribution in [3.05, 3.63) is 29.8 Å². The van der Waals surface area contributed by atoms with Crippen molar-refractivity contribution in [2.24, 2.45) is 0 Å². The van der Waals surface area contributed by atoms with Crippen LogP contribution in [0.15, 0.2) is 24.3 Å². The highest BCUT2D eigenvalue weighted by Gasteiger charge is 2.18. The largest absolute Gasteiger partial charge is 0.366 e. The first-order valence-corrected chi connectivity index (χ1v) is 5.43. The van der Waals surface area contributed by atoms with Crippen molar-refractivity contribution in [1.82, 2.24) is 5.32 Å². The molecule has 1 fully saturated rings. The van der Waals surface area contributed by atoms with E-state index in [1.807, 2.05) is 31.2 Å². The molecule has 0 bridgehead atoms. The maximum Gasteiger partial charge on any atom is 0.250 e. The molecule has 1 amide bonds. The third kappa shape index (κ3) is 3.05. The fraction of sp³-hybridized carbons (Fsp3) is 0.417. The van der Waals surface area contributed by atoms with Crippen molar-refractivity contribution in [1.29, 1.82) is 0 Å². The smallest absolute Gasteiger partial charge is 0.250 e. The Morgan fingerprint density at radius 1 is 1.44 bits per heavy atom. The Labute approximate surface area is 95.0 Å². The Morgan fingerprint density at radius 3 is 2.69 bits per heavy atom. The Bertz CT molecular complexity index is 358. The molecule has 1 aromatic carbocycles. The van der Waals surface area contributed by atoms with Gasteiger partial charge >= 0.3 is 0 Å². The van der Waals surface area contributed by atoms with Crippen LogP contribution in [0.5, 0.6) is 0 Å². The summed E-state index contributed by atoms with van der Waals surface area (Å²) in [6.45, 7) is 3.83. The van der Waals surface area contributed by atoms with Crippen LogP contribution in [0.2, 0.25) is 0 Å². The summed E-state index contributed by atoms with van der Waals surface area (Å²) in [4.78, 5) is 11.5. The fourth-order valence-electron chi connectivity index (χ4n) is 1.41. The molecule has 4 heteroatoms. The van der Waals surface area contributed by atoms with Crippen molar-refractivity contribution < 1.29 is 9.53 Å². The van der Waals surface area contributed by atoms with Crippen molar-refractivity contribution in [3.63, 3.8) is 0 Å². The van der Waals surface area contributed by atoms with E-state index in [0.29, 0.717) is 0 Å². The van der Waals surface area contributed by atoms with Crippen LogP contribution < -0.4 is 10.6 Å². The first-order valence-electron chi connectivity index (χ1n) is 5.43. The number of benzene rings is 1. The van der Waals surface area contributed by atoms with Crippen molar-refractivity contribution in [2.45, 2.75) is 13.0 Å². The lowest BCUT2D eigenvalue weighted by atomic mass is 10.2. The van der Waals surface area contributed by atoms with Crippen LogP contribution >= 0.6 is 0 Å². The number of rotatable bonds is 4. The number of nitrogens with one attached hydrogen (secondary N) is 2. The molecule has 2 rings (SSSR count). The second kappa shape index (κ2) is 5.09. The van der Waals surface area contributed by atoms with Crippen LogP contribution in [0.3, 0.4) is 0 Å². The van der Waals surface area contributed by atoms with Gasteiger partial charge in [0.1, 0.15) is 6.61 Å². The van der Waals surface area contributed by atoms with Gasteiger partial charge in [-0.3, -0.25) is 4.79 Å². The van der Waals surface area contributed by atoms with Crippen molar-refractivity contribution in [2.75, 3.05) is 25.0 Å². The van der Waals surface area contributed by atoms with Crippen LogP contribution in [0, 0.1) is 6.92 Å². The normalized spacial score (nSPS) is 15.6. The molecular weight excluding hydrogens is 204 g/mol. The molecule has 4 nitrogen and oxygen atoms in total. The van der Waals surface area contributed by atoms with Gasteiger partial charge in [0, 0.05) is 18.8 Å². The molecule has 1 saturated heterocycles. The topological polar surface area (TPSA) is 50.4 Å². The van der Waals surface area contributed by atoms with Gasteiger partial charge in [-0.2, -0.15) is 0 Å². The number of ether oxygens (including phenoxy) is 1. The predicted molar refractivity (Wildman–Crippen MR) is 62.4 cm³/mol. The summed E-state index contributed by atoms with van der Waals surface area (Å²) in [7, 11) is 0. The minimum Gasteiger partial charge on any atom is -0.366 e. The minimum absolute atomic E-state index is 0.101. The molecule has 0 spiro atoms. The fourth-order valence-corrected chi connectivity index (χ4v) is 1.41. The molecule has 0 saturated carbocycles. The van der Waals surface area contributed by atoms with E-state index in [2.05, 4.69) is 10.6 Å². The van der Waals surface area contributed by atoms with Crippen LogP contribution in [0.4, 0.5) is 5.69 Å². The summed E-state index contributed by atoms with van der Waals surface area (Å²) in [5, 5.41) is 5.87. The molecule has 86 valence electrons. The van der Waals surface area contributed by atoms with Crippen molar-refractivity contribution >= 4 is 11.6 Å². The monoisotopic (exact) mass is 220 g/mol. The zero-order valence-corrected chi connectivity index (χ0v) is 9.32. The van der Waals surface area contributed by atoms with Gasteiger partial charge in [-0.15, -0.1) is 0 Å². The van der Waals surface area contributed by atoms with Crippen molar-refractivity contribution in [3.8, 4) is 0 Å². The molecule has 1 aliphatic rings. The van der Waals surface area contributed by atoms with E-state index in [-0.39, 0.29) is 18.6 Å². The molecule has 0 aromatic heterocycles. The van der Waals surface area contributed by atoms with E-state index >= 15 is 0 Å². The first kappa shape index (κ1) is 11.1. The van der Waals surface area contributed by atoms with E-state index in [1.54, 1.807) is 0 Å². The van der Waals surface area contributed by atoms with Gasteiger partial charge in [-0.25, -0.2) is 0 Å². The maximum atomic E-state index is 11.5. The highest BCUT2D eigenvalue weighted by molar-refractivity contribution is 5.91. The standard InChI is InChI=1S/C12H16N2O2/c1-9-2-4-10(5-3-9)14-12(15)8-16-11-6-13-7-11/h2-5,11,13H,6-8H2,1H3,(H,14,15). The maximum absolute atomic E-state index is 11.5. The predicted octanol–water partition coefficient (Wildman–Crippen LogP) is 0.922. The number of carbonyl (C=O) groups is 1. The third-order valence-corrected chi connectivity index (χ3v) is 2.53. The van der Waals surface area contributed by atoms with Gasteiger partial charge in [-0.05, 0) is 19.1 Å². The van der Waals surface area contributed by atoms with Gasteiger partial charge in [-0.1, -0.05) is 17.7 Å². The van der Waals surface area contributed by atoms with E-state index in [4.69, 9.17) is 4.74 Å². The number of hydrogen-bond donors (Lipinski definition) is 2. The molecule has 1 aromatic rings. The van der Waals surface area contributed by atoms with Gasteiger partial charge in [0.25, 0.3) is 0 Å². The average molecular weight is 220 g/mol. The van der Waals surface area contributed by atoms with E-state index in [0.717, 1.165) is 18.8 Å². The summed E-state index contributed by atoms with van der Waals surface area (Å²) >= 11 is 0. The summed E-state index contributed by atoms with van der Waals surface area (Å²) in [5.41, 5.74) is 1.99. The number of amides is 1. The number of hydrogen-bond acceptors (Lipinski definition) is 3. The Kier molecular flexibility index (Phi) is 3.54. The molecule has 0 radical (unpaired) electrons. The minimum atomic E-state index is -0.101. The van der Waals surface area contributed by atoms with E-state index in [9.17, 15) is 4.79 Å². The van der Waals surface area contributed by atoms with Crippen LogP contribution in [0.25, 0.3) is 0 Å². The SMILES string of the molecule is Cc1ccc(NC(=O)COC2CNC2)cc1. The lowest BCUT2D eigenvalue weighted by molar-refractivity contribution is -0.123. The zero-order chi connectivity index (χ0) is 11.4. The molecule has 2 N–H and O–H groups in total. The average Bonchev–Trinajstić information content (AvgIpc) is 2.19. The van der Waals surface area contributed by atoms with Gasteiger partial charge in [0.15, 0.2) is 0 Å². The van der Waals surface area contributed by atoms with Gasteiger partial charge in [0.05, 0.1) is 6.10 Å². The number of carbonyl (C=O) groups excluding carboxylic acids is 1. The molecule has 0 unspecified atom stereocenters. The first-order chi connectivity index (χ1) is 7.74. The molecule has 16 heavy (non-hydrogen) atoms. The highest BCUT2D eigenvalue weighted by Crippen LogP contribution is 2.08. The van der Waals surface area contributed by atoms with Crippen LogP contribution in [-0.2, 0) is 9.53 Å². The summed E-state index contributed by atoms with van der Waals surface area (Å²) in [5.74, 6) is -0.101. The quantitative estimate of drug-likeness (QED) is 0.793. The summed E-state index contributed by atoms with van der Waals surface area (Å²) < 4.78 is 5.36. The number of aryl methyl sites for hydroxylation is 1. The Hall–Kier alpha value is -1.39. The van der Waals surface area contributed by atoms with E-state index in [1.165, 1.54) is 5.56 Å².